The first-order chi connectivity index (χ1) is 11.7. The minimum atomic E-state index is 0.211. The number of nitrogens with zero attached hydrogens (tertiary/aromatic N) is 5. The van der Waals surface area contributed by atoms with E-state index in [-0.39, 0.29) is 6.04 Å². The van der Waals surface area contributed by atoms with Crippen LogP contribution in [0.25, 0.3) is 0 Å². The highest BCUT2D eigenvalue weighted by Crippen LogP contribution is 2.26. The predicted octanol–water partition coefficient (Wildman–Crippen LogP) is 3.13. The molecule has 0 saturated carbocycles. The molecule has 0 saturated heterocycles. The van der Waals surface area contributed by atoms with E-state index in [1.54, 1.807) is 0 Å². The molecule has 0 fully saturated rings. The van der Waals surface area contributed by atoms with Gasteiger partial charge in [0.2, 0.25) is 0 Å². The van der Waals surface area contributed by atoms with Crippen LogP contribution in [0.4, 0.5) is 5.82 Å². The second-order valence-electron chi connectivity index (χ2n) is 7.86. The summed E-state index contributed by atoms with van der Waals surface area (Å²) in [5.74, 6) is 3.29. The minimum Gasteiger partial charge on any atom is -0.363 e. The number of hydrogen-bond donors (Lipinski definition) is 1. The molecule has 2 heterocycles. The van der Waals surface area contributed by atoms with Crippen molar-refractivity contribution >= 4 is 5.82 Å². The zero-order valence-electron chi connectivity index (χ0n) is 17.0. The number of imidazole rings is 1. The van der Waals surface area contributed by atoms with Crippen LogP contribution in [-0.4, -0.2) is 33.4 Å². The lowest BCUT2D eigenvalue weighted by molar-refractivity contribution is 0.384. The molecule has 0 spiro atoms. The van der Waals surface area contributed by atoms with Crippen molar-refractivity contribution in [3.05, 3.63) is 29.5 Å². The normalized spacial score (nSPS) is 13.0. The average molecular weight is 347 g/mol. The Hall–Kier alpha value is -1.82. The molecule has 0 aliphatic rings. The fraction of sp³-hybridized carbons (Fsp3) is 0.684. The van der Waals surface area contributed by atoms with Crippen molar-refractivity contribution < 1.29 is 0 Å². The van der Waals surface area contributed by atoms with Gasteiger partial charge in [0, 0.05) is 52.2 Å². The summed E-state index contributed by atoms with van der Waals surface area (Å²) in [6.45, 7) is 12.7. The van der Waals surface area contributed by atoms with E-state index in [0.717, 1.165) is 24.6 Å². The molecule has 25 heavy (non-hydrogen) atoms. The van der Waals surface area contributed by atoms with E-state index in [1.807, 2.05) is 12.4 Å². The first-order valence-corrected chi connectivity index (χ1v) is 9.16. The van der Waals surface area contributed by atoms with Crippen molar-refractivity contribution in [3.63, 3.8) is 0 Å². The second kappa shape index (κ2) is 8.04. The third kappa shape index (κ3) is 4.42. The predicted molar refractivity (Wildman–Crippen MR) is 104 cm³/mol. The largest absolute Gasteiger partial charge is 0.363 e. The van der Waals surface area contributed by atoms with Crippen LogP contribution < -0.4 is 10.2 Å². The number of rotatable bonds is 8. The van der Waals surface area contributed by atoms with Crippen LogP contribution in [0, 0.1) is 18.8 Å². The average Bonchev–Trinajstić information content (AvgIpc) is 3.02. The Balaban J connectivity index is 2.27. The van der Waals surface area contributed by atoms with E-state index >= 15 is 0 Å². The Bertz CT molecular complexity index is 680. The van der Waals surface area contributed by atoms with Crippen molar-refractivity contribution in [2.75, 3.05) is 19.0 Å². The molecule has 1 unspecified atom stereocenters. The number of aromatic nitrogens is 4. The van der Waals surface area contributed by atoms with Crippen molar-refractivity contribution in [3.8, 4) is 0 Å². The standard InChI is InChI=1S/C19H34N6/c1-13(2)12-25-19(23(6)7)16(15(5)22-25)11-21-17(14(3)4)18-20-9-10-24(18)8/h9-10,13-14,17,21H,11-12H2,1-8H3. The molecule has 2 aromatic rings. The summed E-state index contributed by atoms with van der Waals surface area (Å²) in [5, 5.41) is 8.51. The Labute approximate surface area is 152 Å². The number of hydrogen-bond acceptors (Lipinski definition) is 4. The maximum Gasteiger partial charge on any atom is 0.131 e. The summed E-state index contributed by atoms with van der Waals surface area (Å²) in [6.07, 6.45) is 3.87. The van der Waals surface area contributed by atoms with Gasteiger partial charge in [-0.2, -0.15) is 5.10 Å². The van der Waals surface area contributed by atoms with Crippen LogP contribution in [-0.2, 0) is 20.1 Å². The third-order valence-corrected chi connectivity index (χ3v) is 4.49. The van der Waals surface area contributed by atoms with E-state index in [0.29, 0.717) is 11.8 Å². The summed E-state index contributed by atoms with van der Waals surface area (Å²) in [4.78, 5) is 6.71. The third-order valence-electron chi connectivity index (χ3n) is 4.49. The van der Waals surface area contributed by atoms with Gasteiger partial charge in [-0.15, -0.1) is 0 Å². The molecule has 1 atom stereocenters. The molecule has 2 aromatic heterocycles. The van der Waals surface area contributed by atoms with E-state index in [9.17, 15) is 0 Å². The van der Waals surface area contributed by atoms with Gasteiger partial charge in [-0.1, -0.05) is 27.7 Å². The molecule has 1 N–H and O–H groups in total. The molecule has 0 aromatic carbocycles. The van der Waals surface area contributed by atoms with E-state index < -0.39 is 0 Å². The first-order valence-electron chi connectivity index (χ1n) is 9.16. The van der Waals surface area contributed by atoms with Gasteiger partial charge in [-0.05, 0) is 18.8 Å². The lowest BCUT2D eigenvalue weighted by Gasteiger charge is -2.23. The molecule has 6 heteroatoms. The molecular formula is C19H34N6. The van der Waals surface area contributed by atoms with Crippen LogP contribution in [0.3, 0.4) is 0 Å². The SMILES string of the molecule is Cc1nn(CC(C)C)c(N(C)C)c1CNC(c1nccn1C)C(C)C. The van der Waals surface area contributed by atoms with Crippen molar-refractivity contribution in [1.82, 2.24) is 24.6 Å². The minimum absolute atomic E-state index is 0.211. The maximum absolute atomic E-state index is 4.79. The quantitative estimate of drug-likeness (QED) is 0.798. The Morgan fingerprint density at radius 1 is 1.20 bits per heavy atom. The van der Waals surface area contributed by atoms with Gasteiger partial charge in [-0.3, -0.25) is 0 Å². The second-order valence-corrected chi connectivity index (χ2v) is 7.86. The molecule has 0 radical (unpaired) electrons. The summed E-state index contributed by atoms with van der Waals surface area (Å²) in [5.41, 5.74) is 2.37. The molecule has 140 valence electrons. The molecule has 2 rings (SSSR count). The van der Waals surface area contributed by atoms with Gasteiger partial charge in [0.25, 0.3) is 0 Å². The fourth-order valence-electron chi connectivity index (χ4n) is 3.30. The van der Waals surface area contributed by atoms with Crippen LogP contribution in [0.1, 0.15) is 50.8 Å². The van der Waals surface area contributed by atoms with Crippen molar-refractivity contribution in [2.45, 2.75) is 53.8 Å². The lowest BCUT2D eigenvalue weighted by Crippen LogP contribution is -2.29. The van der Waals surface area contributed by atoms with Gasteiger partial charge in [0.05, 0.1) is 11.7 Å². The van der Waals surface area contributed by atoms with E-state index in [1.165, 1.54) is 11.4 Å². The van der Waals surface area contributed by atoms with Crippen LogP contribution in [0.15, 0.2) is 12.4 Å². The number of anilines is 1. The van der Waals surface area contributed by atoms with Crippen LogP contribution in [0.2, 0.25) is 0 Å². The molecule has 0 aliphatic carbocycles. The Morgan fingerprint density at radius 2 is 1.88 bits per heavy atom. The van der Waals surface area contributed by atoms with Gasteiger partial charge in [0.15, 0.2) is 0 Å². The summed E-state index contributed by atoms with van der Waals surface area (Å²) in [6, 6.07) is 0.211. The van der Waals surface area contributed by atoms with E-state index in [4.69, 9.17) is 5.10 Å². The first kappa shape index (κ1) is 19.5. The number of aryl methyl sites for hydroxylation is 2. The highest BCUT2D eigenvalue weighted by Gasteiger charge is 2.22. The molecule has 0 amide bonds. The summed E-state index contributed by atoms with van der Waals surface area (Å²) < 4.78 is 4.24. The van der Waals surface area contributed by atoms with Gasteiger partial charge >= 0.3 is 0 Å². The Kier molecular flexibility index (Phi) is 6.27. The molecular weight excluding hydrogens is 312 g/mol. The van der Waals surface area contributed by atoms with Crippen molar-refractivity contribution in [2.24, 2.45) is 18.9 Å². The molecule has 0 bridgehead atoms. The van der Waals surface area contributed by atoms with Gasteiger partial charge in [0.1, 0.15) is 11.6 Å². The topological polar surface area (TPSA) is 50.9 Å². The highest BCUT2D eigenvalue weighted by molar-refractivity contribution is 5.49. The maximum atomic E-state index is 4.79. The smallest absolute Gasteiger partial charge is 0.131 e. The lowest BCUT2D eigenvalue weighted by atomic mass is 10.0. The summed E-state index contributed by atoms with van der Waals surface area (Å²) in [7, 11) is 6.24. The monoisotopic (exact) mass is 346 g/mol. The zero-order chi connectivity index (χ0) is 18.7. The zero-order valence-corrected chi connectivity index (χ0v) is 17.0. The fourth-order valence-corrected chi connectivity index (χ4v) is 3.30. The molecule has 6 nitrogen and oxygen atoms in total. The van der Waals surface area contributed by atoms with Gasteiger partial charge < -0.3 is 14.8 Å². The van der Waals surface area contributed by atoms with Crippen molar-refractivity contribution in [1.29, 1.82) is 0 Å². The Morgan fingerprint density at radius 3 is 2.36 bits per heavy atom. The highest BCUT2D eigenvalue weighted by atomic mass is 15.4. The summed E-state index contributed by atoms with van der Waals surface area (Å²) >= 11 is 0. The number of nitrogens with one attached hydrogen (secondary N) is 1. The molecule has 0 aliphatic heterocycles. The van der Waals surface area contributed by atoms with Crippen LogP contribution >= 0.6 is 0 Å². The van der Waals surface area contributed by atoms with Gasteiger partial charge in [-0.25, -0.2) is 9.67 Å². The van der Waals surface area contributed by atoms with E-state index in [2.05, 4.69) is 80.2 Å². The van der Waals surface area contributed by atoms with Crippen LogP contribution in [0.5, 0.6) is 0 Å².